The van der Waals surface area contributed by atoms with Gasteiger partial charge in [-0.2, -0.15) is 0 Å². The molecule has 0 aliphatic heterocycles. The fraction of sp³-hybridized carbons (Fsp3) is 1.00. The zero-order chi connectivity index (χ0) is 26.1. The van der Waals surface area contributed by atoms with Gasteiger partial charge < -0.3 is 42.6 Å². The second-order valence-electron chi connectivity index (χ2n) is 10.2. The van der Waals surface area contributed by atoms with E-state index in [-0.39, 0.29) is 5.60 Å². The molecule has 0 aliphatic rings. The van der Waals surface area contributed by atoms with E-state index >= 15 is 0 Å². The predicted octanol–water partition coefficient (Wildman–Crippen LogP) is 3.37. The highest BCUT2D eigenvalue weighted by molar-refractivity contribution is 4.59. The Morgan fingerprint density at radius 3 is 0.771 bits per heavy atom. The van der Waals surface area contributed by atoms with Crippen LogP contribution in [0.4, 0.5) is 0 Å². The van der Waals surface area contributed by atoms with E-state index in [1.54, 1.807) is 0 Å². The Kier molecular flexibility index (Phi) is 23.8. The summed E-state index contributed by atoms with van der Waals surface area (Å²) < 4.78 is 49.3. The summed E-state index contributed by atoms with van der Waals surface area (Å²) in [4.78, 5) is 0. The fourth-order valence-corrected chi connectivity index (χ4v) is 2.43. The molecule has 0 fully saturated rings. The maximum atomic E-state index is 5.57. The highest BCUT2D eigenvalue weighted by Gasteiger charge is 2.09. The Morgan fingerprint density at radius 2 is 0.543 bits per heavy atom. The van der Waals surface area contributed by atoms with Gasteiger partial charge >= 0.3 is 0 Å². The van der Waals surface area contributed by atoms with Crippen LogP contribution in [0.25, 0.3) is 0 Å². The van der Waals surface area contributed by atoms with Crippen molar-refractivity contribution in [1.82, 2.24) is 0 Å². The van der Waals surface area contributed by atoms with Crippen molar-refractivity contribution >= 4 is 0 Å². The van der Waals surface area contributed by atoms with E-state index in [1.165, 1.54) is 0 Å². The number of hydrogen-bond acceptors (Lipinski definition) is 9. The molecule has 0 atom stereocenters. The summed E-state index contributed by atoms with van der Waals surface area (Å²) in [6.07, 6.45) is 1.05. The molecule has 0 heterocycles. The summed E-state index contributed by atoms with van der Waals surface area (Å²) in [5.41, 5.74) is 0.188. The van der Waals surface area contributed by atoms with Crippen LogP contribution in [0.5, 0.6) is 0 Å². The number of hydrogen-bond donors (Lipinski definition) is 0. The minimum absolute atomic E-state index is 0.124. The first-order valence-electron chi connectivity index (χ1n) is 13.0. The molecule has 0 rings (SSSR count). The van der Waals surface area contributed by atoms with Crippen molar-refractivity contribution in [3.8, 4) is 0 Å². The Labute approximate surface area is 214 Å². The van der Waals surface area contributed by atoms with Crippen molar-refractivity contribution in [2.24, 2.45) is 5.41 Å². The smallest absolute Gasteiger partial charge is 0.0707 e. The molecule has 35 heavy (non-hydrogen) atoms. The Bertz CT molecular complexity index is 384. The average molecular weight is 511 g/mol. The minimum Gasteiger partial charge on any atom is -0.379 e. The fourth-order valence-electron chi connectivity index (χ4n) is 2.43. The van der Waals surface area contributed by atoms with Gasteiger partial charge in [-0.05, 0) is 32.6 Å². The van der Waals surface area contributed by atoms with Crippen LogP contribution in [0.3, 0.4) is 0 Å². The van der Waals surface area contributed by atoms with Crippen LogP contribution in [-0.2, 0) is 42.6 Å². The number of ether oxygens (including phenoxy) is 9. The van der Waals surface area contributed by atoms with E-state index in [2.05, 4.69) is 20.8 Å². The van der Waals surface area contributed by atoms with Crippen molar-refractivity contribution in [3.05, 3.63) is 0 Å². The van der Waals surface area contributed by atoms with Crippen molar-refractivity contribution in [2.75, 3.05) is 112 Å². The van der Waals surface area contributed by atoms with E-state index in [0.29, 0.717) is 111 Å². The zero-order valence-electron chi connectivity index (χ0n) is 23.4. The van der Waals surface area contributed by atoms with Crippen LogP contribution in [0.2, 0.25) is 0 Å². The van der Waals surface area contributed by atoms with Gasteiger partial charge in [0.25, 0.3) is 0 Å². The molecule has 9 nitrogen and oxygen atoms in total. The van der Waals surface area contributed by atoms with Gasteiger partial charge in [0.1, 0.15) is 0 Å². The molecule has 0 radical (unpaired) electrons. The third kappa shape index (κ3) is 33.6. The van der Waals surface area contributed by atoms with Crippen LogP contribution >= 0.6 is 0 Å². The monoisotopic (exact) mass is 510 g/mol. The largest absolute Gasteiger partial charge is 0.379 e. The Morgan fingerprint density at radius 1 is 0.314 bits per heavy atom. The third-order valence-electron chi connectivity index (χ3n) is 4.36. The van der Waals surface area contributed by atoms with Crippen LogP contribution in [-0.4, -0.2) is 118 Å². The molecule has 0 N–H and O–H groups in total. The van der Waals surface area contributed by atoms with Gasteiger partial charge in [0, 0.05) is 6.61 Å². The summed E-state index contributed by atoms with van der Waals surface area (Å²) >= 11 is 0. The molecule has 212 valence electrons. The topological polar surface area (TPSA) is 83.1 Å². The van der Waals surface area contributed by atoms with Gasteiger partial charge in [-0.15, -0.1) is 0 Å². The summed E-state index contributed by atoms with van der Waals surface area (Å²) in [6, 6.07) is 0. The first kappa shape index (κ1) is 34.6. The van der Waals surface area contributed by atoms with Gasteiger partial charge in [-0.25, -0.2) is 0 Å². The van der Waals surface area contributed by atoms with E-state index in [9.17, 15) is 0 Å². The molecule has 0 aromatic carbocycles. The summed E-state index contributed by atoms with van der Waals surface area (Å²) in [5, 5.41) is 0. The SMILES string of the molecule is CC(C)(C)CCOCCOCCOCCOCCOCCOCCOCCOCCOC(C)(C)C. The van der Waals surface area contributed by atoms with E-state index in [0.717, 1.165) is 13.0 Å². The molecular weight excluding hydrogens is 456 g/mol. The second kappa shape index (κ2) is 24.0. The van der Waals surface area contributed by atoms with E-state index < -0.39 is 0 Å². The first-order valence-corrected chi connectivity index (χ1v) is 13.0. The third-order valence-corrected chi connectivity index (χ3v) is 4.36. The highest BCUT2D eigenvalue weighted by atomic mass is 16.6. The van der Waals surface area contributed by atoms with Crippen LogP contribution in [0.1, 0.15) is 48.0 Å². The molecular formula is C26H54O9. The summed E-state index contributed by atoms with van der Waals surface area (Å²) in [5.74, 6) is 0. The molecule has 9 heteroatoms. The van der Waals surface area contributed by atoms with Crippen molar-refractivity contribution in [3.63, 3.8) is 0 Å². The maximum absolute atomic E-state index is 5.57. The molecule has 0 saturated carbocycles. The maximum Gasteiger partial charge on any atom is 0.0707 e. The highest BCUT2D eigenvalue weighted by Crippen LogP contribution is 2.17. The van der Waals surface area contributed by atoms with Gasteiger partial charge in [0.05, 0.1) is 111 Å². The number of rotatable bonds is 26. The minimum atomic E-state index is -0.124. The molecule has 0 aromatic rings. The van der Waals surface area contributed by atoms with Crippen LogP contribution in [0, 0.1) is 5.41 Å². The predicted molar refractivity (Wildman–Crippen MR) is 136 cm³/mol. The zero-order valence-corrected chi connectivity index (χ0v) is 23.4. The second-order valence-corrected chi connectivity index (χ2v) is 10.2. The lowest BCUT2D eigenvalue weighted by Crippen LogP contribution is -2.22. The van der Waals surface area contributed by atoms with Crippen molar-refractivity contribution in [2.45, 2.75) is 53.6 Å². The lowest BCUT2D eigenvalue weighted by molar-refractivity contribution is -0.0467. The lowest BCUT2D eigenvalue weighted by Gasteiger charge is -2.19. The Hall–Kier alpha value is -0.360. The standard InChI is InChI=1S/C26H54O9/c1-25(2,3)7-8-27-9-10-28-11-12-29-13-14-30-15-16-31-17-18-32-19-20-33-21-22-34-23-24-35-26(4,5)6/h7-24H2,1-6H3. The van der Waals surface area contributed by atoms with Crippen molar-refractivity contribution < 1.29 is 42.6 Å². The first-order chi connectivity index (χ1) is 16.7. The van der Waals surface area contributed by atoms with Crippen LogP contribution in [0.15, 0.2) is 0 Å². The molecule has 0 spiro atoms. The van der Waals surface area contributed by atoms with Gasteiger partial charge in [-0.1, -0.05) is 20.8 Å². The molecule has 0 aliphatic carbocycles. The van der Waals surface area contributed by atoms with Gasteiger partial charge in [0.2, 0.25) is 0 Å². The van der Waals surface area contributed by atoms with E-state index in [1.807, 2.05) is 20.8 Å². The average Bonchev–Trinajstić information content (AvgIpc) is 2.77. The molecule has 0 aromatic heterocycles. The van der Waals surface area contributed by atoms with Crippen molar-refractivity contribution in [1.29, 1.82) is 0 Å². The molecule has 0 amide bonds. The summed E-state index contributed by atoms with van der Waals surface area (Å²) in [6.45, 7) is 22.4. The molecule has 0 unspecified atom stereocenters. The summed E-state index contributed by atoms with van der Waals surface area (Å²) in [7, 11) is 0. The van der Waals surface area contributed by atoms with Gasteiger partial charge in [-0.3, -0.25) is 0 Å². The van der Waals surface area contributed by atoms with Gasteiger partial charge in [0.15, 0.2) is 0 Å². The molecule has 0 bridgehead atoms. The lowest BCUT2D eigenvalue weighted by atomic mass is 9.93. The molecule has 0 saturated heterocycles. The Balaban J connectivity index is 3.07. The quantitative estimate of drug-likeness (QED) is 0.163. The normalized spacial score (nSPS) is 12.5. The van der Waals surface area contributed by atoms with E-state index in [4.69, 9.17) is 42.6 Å². The van der Waals surface area contributed by atoms with Crippen LogP contribution < -0.4 is 0 Å².